The van der Waals surface area contributed by atoms with E-state index in [1.54, 1.807) is 30.3 Å². The van der Waals surface area contributed by atoms with Crippen LogP contribution in [0.15, 0.2) is 60.7 Å². The van der Waals surface area contributed by atoms with Crippen LogP contribution < -0.4 is 4.74 Å². The second kappa shape index (κ2) is 10.7. The Bertz CT molecular complexity index is 1430. The molecule has 0 saturated carbocycles. The molecule has 3 aromatic carbocycles. The Balaban J connectivity index is 1.55. The average Bonchev–Trinajstić information content (AvgIpc) is 3.26. The zero-order chi connectivity index (χ0) is 25.8. The van der Waals surface area contributed by atoms with Crippen molar-refractivity contribution in [3.8, 4) is 11.4 Å². The van der Waals surface area contributed by atoms with Gasteiger partial charge in [-0.2, -0.15) is 0 Å². The number of carboxylic acid groups (broad SMARTS) is 1. The molecule has 0 aliphatic rings. The molecule has 0 fully saturated rings. The number of para-hydroxylation sites is 1. The standard InChI is InChI=1S/C28H25ClFN3O3/c1-17(2)26-25(33(32-31-26)27-23(29)8-5-9-24(27)30)16-36-22-13-12-20(18(3)14-22)11-10-19-6-4-7-21(15-19)28(34)35/h4-15,17H,16H2,1-3H3,(H,34,35). The van der Waals surface area contributed by atoms with Crippen molar-refractivity contribution in [2.75, 3.05) is 0 Å². The lowest BCUT2D eigenvalue weighted by atomic mass is 10.1. The molecule has 36 heavy (non-hydrogen) atoms. The molecule has 1 heterocycles. The van der Waals surface area contributed by atoms with Crippen molar-refractivity contribution in [2.45, 2.75) is 33.3 Å². The molecule has 0 aliphatic heterocycles. The summed E-state index contributed by atoms with van der Waals surface area (Å²) < 4.78 is 22.1. The van der Waals surface area contributed by atoms with Crippen molar-refractivity contribution in [3.63, 3.8) is 0 Å². The Morgan fingerprint density at radius 1 is 1.14 bits per heavy atom. The van der Waals surface area contributed by atoms with Crippen LogP contribution in [0.25, 0.3) is 17.8 Å². The lowest BCUT2D eigenvalue weighted by molar-refractivity contribution is 0.0697. The highest BCUT2D eigenvalue weighted by molar-refractivity contribution is 6.32. The summed E-state index contributed by atoms with van der Waals surface area (Å²) in [6, 6.07) is 16.9. The van der Waals surface area contributed by atoms with Gasteiger partial charge in [-0.1, -0.05) is 67.1 Å². The van der Waals surface area contributed by atoms with Crippen LogP contribution in [0.4, 0.5) is 4.39 Å². The number of aromatic carboxylic acids is 1. The van der Waals surface area contributed by atoms with Crippen LogP contribution in [0.5, 0.6) is 5.75 Å². The van der Waals surface area contributed by atoms with Crippen LogP contribution in [-0.4, -0.2) is 26.1 Å². The normalized spacial score (nSPS) is 11.4. The van der Waals surface area contributed by atoms with Gasteiger partial charge in [0, 0.05) is 0 Å². The monoisotopic (exact) mass is 505 g/mol. The van der Waals surface area contributed by atoms with Gasteiger partial charge in [0.2, 0.25) is 0 Å². The number of carbonyl (C=O) groups is 1. The van der Waals surface area contributed by atoms with Gasteiger partial charge in [0.1, 0.15) is 29.6 Å². The fraction of sp³-hybridized carbons (Fsp3) is 0.179. The smallest absolute Gasteiger partial charge is 0.335 e. The Labute approximate surface area is 213 Å². The summed E-state index contributed by atoms with van der Waals surface area (Å²) >= 11 is 6.27. The maximum absolute atomic E-state index is 14.6. The first-order valence-corrected chi connectivity index (χ1v) is 11.8. The third-order valence-electron chi connectivity index (χ3n) is 5.70. The van der Waals surface area contributed by atoms with Gasteiger partial charge in [0.25, 0.3) is 0 Å². The summed E-state index contributed by atoms with van der Waals surface area (Å²) in [5.74, 6) is -0.765. The van der Waals surface area contributed by atoms with Gasteiger partial charge in [-0.3, -0.25) is 0 Å². The topological polar surface area (TPSA) is 77.2 Å². The second-order valence-corrected chi connectivity index (χ2v) is 9.04. The Hall–Kier alpha value is -3.97. The highest BCUT2D eigenvalue weighted by Gasteiger charge is 2.21. The van der Waals surface area contributed by atoms with E-state index in [1.807, 2.05) is 57.2 Å². The zero-order valence-corrected chi connectivity index (χ0v) is 20.8. The average molecular weight is 506 g/mol. The summed E-state index contributed by atoms with van der Waals surface area (Å²) in [6.07, 6.45) is 3.79. The molecule has 0 unspecified atom stereocenters. The van der Waals surface area contributed by atoms with Crippen molar-refractivity contribution in [1.29, 1.82) is 0 Å². The number of ether oxygens (including phenoxy) is 1. The van der Waals surface area contributed by atoms with Crippen molar-refractivity contribution in [1.82, 2.24) is 15.0 Å². The first-order chi connectivity index (χ1) is 17.2. The molecule has 4 rings (SSSR count). The van der Waals surface area contributed by atoms with E-state index in [0.717, 1.165) is 16.7 Å². The van der Waals surface area contributed by atoms with Crippen LogP contribution in [0.2, 0.25) is 5.02 Å². The third-order valence-corrected chi connectivity index (χ3v) is 6.00. The first-order valence-electron chi connectivity index (χ1n) is 11.4. The van der Waals surface area contributed by atoms with Gasteiger partial charge < -0.3 is 9.84 Å². The number of halogens is 2. The molecule has 0 spiro atoms. The predicted molar refractivity (Wildman–Crippen MR) is 138 cm³/mol. The molecule has 8 heteroatoms. The van der Waals surface area contributed by atoms with Crippen molar-refractivity contribution in [3.05, 3.63) is 105 Å². The predicted octanol–water partition coefficient (Wildman–Crippen LogP) is 6.94. The van der Waals surface area contributed by atoms with Crippen molar-refractivity contribution < 1.29 is 19.0 Å². The molecule has 0 saturated heterocycles. The number of aryl methyl sites for hydroxylation is 1. The zero-order valence-electron chi connectivity index (χ0n) is 20.1. The number of nitrogens with zero attached hydrogens (tertiary/aromatic N) is 3. The molecule has 0 radical (unpaired) electrons. The van der Waals surface area contributed by atoms with E-state index < -0.39 is 11.8 Å². The van der Waals surface area contributed by atoms with E-state index in [-0.39, 0.29) is 28.8 Å². The van der Waals surface area contributed by atoms with Crippen LogP contribution in [0.1, 0.15) is 58.2 Å². The molecule has 0 amide bonds. The van der Waals surface area contributed by atoms with Gasteiger partial charge >= 0.3 is 5.97 Å². The molecule has 1 aromatic heterocycles. The molecule has 184 valence electrons. The van der Waals surface area contributed by atoms with E-state index in [2.05, 4.69) is 10.3 Å². The molecular formula is C28H25ClFN3O3. The number of benzene rings is 3. The highest BCUT2D eigenvalue weighted by Crippen LogP contribution is 2.28. The molecular weight excluding hydrogens is 481 g/mol. The van der Waals surface area contributed by atoms with Crippen molar-refractivity contribution in [2.24, 2.45) is 0 Å². The van der Waals surface area contributed by atoms with Crippen LogP contribution in [0.3, 0.4) is 0 Å². The van der Waals surface area contributed by atoms with Gasteiger partial charge in [0.05, 0.1) is 16.3 Å². The van der Waals surface area contributed by atoms with E-state index in [1.165, 1.54) is 10.7 Å². The van der Waals surface area contributed by atoms with E-state index in [0.29, 0.717) is 17.1 Å². The largest absolute Gasteiger partial charge is 0.487 e. The van der Waals surface area contributed by atoms with Crippen LogP contribution >= 0.6 is 11.6 Å². The summed E-state index contributed by atoms with van der Waals surface area (Å²) in [5, 5.41) is 17.8. The van der Waals surface area contributed by atoms with Gasteiger partial charge in [-0.15, -0.1) is 5.10 Å². The first kappa shape index (κ1) is 25.1. The Morgan fingerprint density at radius 2 is 1.92 bits per heavy atom. The minimum atomic E-state index is -0.961. The molecule has 4 aromatic rings. The molecule has 0 atom stereocenters. The Kier molecular flexibility index (Phi) is 7.50. The third kappa shape index (κ3) is 5.47. The van der Waals surface area contributed by atoms with Gasteiger partial charge in [-0.25, -0.2) is 13.9 Å². The summed E-state index contributed by atoms with van der Waals surface area (Å²) in [6.45, 7) is 6.06. The van der Waals surface area contributed by atoms with Gasteiger partial charge in [0.15, 0.2) is 0 Å². The number of carboxylic acids is 1. The number of aromatic nitrogens is 3. The van der Waals surface area contributed by atoms with Crippen molar-refractivity contribution >= 4 is 29.7 Å². The minimum absolute atomic E-state index is 0.0526. The lowest BCUT2D eigenvalue weighted by Gasteiger charge is -2.13. The quantitative estimate of drug-likeness (QED) is 0.262. The van der Waals surface area contributed by atoms with E-state index in [4.69, 9.17) is 16.3 Å². The number of hydrogen-bond acceptors (Lipinski definition) is 4. The summed E-state index contributed by atoms with van der Waals surface area (Å²) in [7, 11) is 0. The summed E-state index contributed by atoms with van der Waals surface area (Å²) in [4.78, 5) is 11.2. The number of hydrogen-bond donors (Lipinski definition) is 1. The molecule has 0 aliphatic carbocycles. The molecule has 0 bridgehead atoms. The van der Waals surface area contributed by atoms with Gasteiger partial charge in [-0.05, 0) is 65.9 Å². The Morgan fingerprint density at radius 3 is 2.61 bits per heavy atom. The van der Waals surface area contributed by atoms with E-state index >= 15 is 0 Å². The maximum atomic E-state index is 14.6. The number of rotatable bonds is 8. The molecule has 6 nitrogen and oxygen atoms in total. The van der Waals surface area contributed by atoms with E-state index in [9.17, 15) is 14.3 Å². The SMILES string of the molecule is Cc1cc(OCc2c(C(C)C)nnn2-c2c(F)cccc2Cl)ccc1C=Cc1cccc(C(=O)O)c1. The minimum Gasteiger partial charge on any atom is -0.487 e. The lowest BCUT2D eigenvalue weighted by Crippen LogP contribution is -2.10. The maximum Gasteiger partial charge on any atom is 0.335 e. The fourth-order valence-corrected chi connectivity index (χ4v) is 4.05. The fourth-order valence-electron chi connectivity index (χ4n) is 3.81. The summed E-state index contributed by atoms with van der Waals surface area (Å²) in [5.41, 5.74) is 4.45. The second-order valence-electron chi connectivity index (χ2n) is 8.63. The highest BCUT2D eigenvalue weighted by atomic mass is 35.5. The molecule has 1 N–H and O–H groups in total. The van der Waals surface area contributed by atoms with Crippen LogP contribution in [-0.2, 0) is 6.61 Å². The van der Waals surface area contributed by atoms with Crippen LogP contribution in [0, 0.1) is 12.7 Å².